The van der Waals surface area contributed by atoms with Crippen LogP contribution in [0.3, 0.4) is 0 Å². The van der Waals surface area contributed by atoms with Crippen LogP contribution in [0, 0.1) is 18.3 Å². The quantitative estimate of drug-likeness (QED) is 0.736. The van der Waals surface area contributed by atoms with Gasteiger partial charge in [0.05, 0.1) is 12.5 Å². The molecule has 0 aliphatic heterocycles. The number of nitrogens with zero attached hydrogens (tertiary/aromatic N) is 4. The summed E-state index contributed by atoms with van der Waals surface area (Å²) in [5.41, 5.74) is 0. The van der Waals surface area contributed by atoms with Crippen LogP contribution in [0.4, 0.5) is 0 Å². The van der Waals surface area contributed by atoms with Crippen LogP contribution in [0.1, 0.15) is 17.8 Å². The summed E-state index contributed by atoms with van der Waals surface area (Å²) >= 11 is 3.08. The van der Waals surface area contributed by atoms with Crippen LogP contribution in [0.25, 0.3) is 0 Å². The molecule has 1 rings (SSSR count). The van der Waals surface area contributed by atoms with E-state index in [0.717, 1.165) is 9.35 Å². The molecular weight excluding hydrogens is 256 g/mol. The fraction of sp³-hybridized carbons (Fsp3) is 0.600. The molecule has 0 fully saturated rings. The van der Waals surface area contributed by atoms with E-state index in [1.165, 1.54) is 11.3 Å². The number of carbonyl (C=O) groups excluding carboxylic acids is 1. The summed E-state index contributed by atoms with van der Waals surface area (Å²) in [4.78, 5) is 13.2. The van der Waals surface area contributed by atoms with E-state index in [9.17, 15) is 4.79 Å². The van der Waals surface area contributed by atoms with Crippen molar-refractivity contribution in [2.75, 3.05) is 19.3 Å². The van der Waals surface area contributed by atoms with Crippen LogP contribution in [-0.4, -0.2) is 40.3 Å². The molecule has 0 N–H and O–H groups in total. The van der Waals surface area contributed by atoms with E-state index >= 15 is 0 Å². The van der Waals surface area contributed by atoms with Crippen molar-refractivity contribution < 1.29 is 4.79 Å². The zero-order valence-electron chi connectivity index (χ0n) is 9.84. The number of aryl methyl sites for hydroxylation is 1. The molecule has 0 radical (unpaired) electrons. The van der Waals surface area contributed by atoms with Gasteiger partial charge in [-0.05, 0) is 6.92 Å². The highest BCUT2D eigenvalue weighted by molar-refractivity contribution is 8.01. The highest BCUT2D eigenvalue weighted by Gasteiger charge is 2.09. The largest absolute Gasteiger partial charge is 0.345 e. The first-order valence-electron chi connectivity index (χ1n) is 5.17. The maximum Gasteiger partial charge on any atom is 0.223 e. The third kappa shape index (κ3) is 5.15. The van der Waals surface area contributed by atoms with E-state index in [0.29, 0.717) is 25.1 Å². The second-order valence-electron chi connectivity index (χ2n) is 3.41. The van der Waals surface area contributed by atoms with E-state index in [2.05, 4.69) is 10.2 Å². The smallest absolute Gasteiger partial charge is 0.223 e. The summed E-state index contributed by atoms with van der Waals surface area (Å²) in [5.74, 6) is 0.763. The normalized spacial score (nSPS) is 9.94. The molecule has 0 aliphatic rings. The zero-order valence-corrected chi connectivity index (χ0v) is 11.5. The number of thioether (sulfide) groups is 1. The average Bonchev–Trinajstić information content (AvgIpc) is 2.71. The molecule has 0 spiro atoms. The van der Waals surface area contributed by atoms with Gasteiger partial charge in [0.15, 0.2) is 4.34 Å². The Kier molecular flexibility index (Phi) is 5.94. The first kappa shape index (κ1) is 13.9. The topological polar surface area (TPSA) is 69.9 Å². The Morgan fingerprint density at radius 1 is 1.59 bits per heavy atom. The molecule has 0 unspecified atom stereocenters. The highest BCUT2D eigenvalue weighted by Crippen LogP contribution is 2.22. The van der Waals surface area contributed by atoms with Gasteiger partial charge in [-0.2, -0.15) is 5.26 Å². The summed E-state index contributed by atoms with van der Waals surface area (Å²) in [6.07, 6.45) is 0.843. The molecule has 0 atom stereocenters. The second-order valence-corrected chi connectivity index (χ2v) is 5.93. The van der Waals surface area contributed by atoms with Gasteiger partial charge < -0.3 is 4.90 Å². The Hall–Kier alpha value is -1.13. The molecular formula is C10H14N4OS2. The number of hydrogen-bond donors (Lipinski definition) is 0. The molecule has 92 valence electrons. The summed E-state index contributed by atoms with van der Waals surface area (Å²) in [5, 5.41) is 17.2. The Labute approximate surface area is 109 Å². The van der Waals surface area contributed by atoms with Gasteiger partial charge in [-0.1, -0.05) is 23.1 Å². The molecule has 0 aliphatic carbocycles. The Balaban J connectivity index is 2.22. The van der Waals surface area contributed by atoms with Crippen molar-refractivity contribution in [3.63, 3.8) is 0 Å². The van der Waals surface area contributed by atoms with Gasteiger partial charge in [-0.3, -0.25) is 4.79 Å². The molecule has 0 saturated heterocycles. The fourth-order valence-corrected chi connectivity index (χ4v) is 2.91. The Morgan fingerprint density at radius 2 is 2.35 bits per heavy atom. The predicted molar refractivity (Wildman–Crippen MR) is 67.9 cm³/mol. The number of rotatable bonds is 6. The molecule has 17 heavy (non-hydrogen) atoms. The fourth-order valence-electron chi connectivity index (χ4n) is 1.10. The maximum atomic E-state index is 11.6. The molecule has 1 heterocycles. The van der Waals surface area contributed by atoms with Crippen LogP contribution < -0.4 is 0 Å². The lowest BCUT2D eigenvalue weighted by molar-refractivity contribution is -0.129. The number of aromatic nitrogens is 2. The van der Waals surface area contributed by atoms with Gasteiger partial charge >= 0.3 is 0 Å². The SMILES string of the molecule is Cc1nnc(SCCC(=O)N(C)CCC#N)s1. The third-order valence-electron chi connectivity index (χ3n) is 2.03. The highest BCUT2D eigenvalue weighted by atomic mass is 32.2. The third-order valence-corrected chi connectivity index (χ3v) is 4.01. The summed E-state index contributed by atoms with van der Waals surface area (Å²) in [7, 11) is 1.72. The molecule has 0 saturated carbocycles. The molecule has 0 aromatic carbocycles. The molecule has 7 heteroatoms. The summed E-state index contributed by atoms with van der Waals surface area (Å²) in [6.45, 7) is 2.40. The Morgan fingerprint density at radius 3 is 2.94 bits per heavy atom. The average molecular weight is 270 g/mol. The standard InChI is InChI=1S/C10H14N4OS2/c1-8-12-13-10(17-8)16-7-4-9(15)14(2)6-3-5-11/h3-4,6-7H2,1-2H3. The molecule has 1 aromatic heterocycles. The summed E-state index contributed by atoms with van der Waals surface area (Å²) < 4.78 is 0.898. The lowest BCUT2D eigenvalue weighted by atomic mass is 10.3. The van der Waals surface area contributed by atoms with Gasteiger partial charge in [0.2, 0.25) is 5.91 Å². The van der Waals surface area contributed by atoms with Crippen molar-refractivity contribution in [3.8, 4) is 6.07 Å². The number of hydrogen-bond acceptors (Lipinski definition) is 6. The minimum atomic E-state index is 0.0639. The molecule has 0 bridgehead atoms. The van der Waals surface area contributed by atoms with Crippen LogP contribution in [-0.2, 0) is 4.79 Å². The van der Waals surface area contributed by atoms with Crippen LogP contribution in [0.15, 0.2) is 4.34 Å². The van der Waals surface area contributed by atoms with E-state index in [4.69, 9.17) is 5.26 Å². The van der Waals surface area contributed by atoms with E-state index in [1.54, 1.807) is 23.7 Å². The van der Waals surface area contributed by atoms with Crippen molar-refractivity contribution >= 4 is 29.0 Å². The van der Waals surface area contributed by atoms with Gasteiger partial charge in [0.1, 0.15) is 5.01 Å². The number of nitriles is 1. The lowest BCUT2D eigenvalue weighted by Crippen LogP contribution is -2.27. The van der Waals surface area contributed by atoms with Crippen LogP contribution >= 0.6 is 23.1 Å². The van der Waals surface area contributed by atoms with Crippen LogP contribution in [0.2, 0.25) is 0 Å². The van der Waals surface area contributed by atoms with Crippen molar-refractivity contribution in [2.45, 2.75) is 24.1 Å². The predicted octanol–water partition coefficient (Wildman–Crippen LogP) is 1.70. The monoisotopic (exact) mass is 270 g/mol. The minimum absolute atomic E-state index is 0.0639. The molecule has 1 aromatic rings. The number of amides is 1. The number of carbonyl (C=O) groups is 1. The van der Waals surface area contributed by atoms with E-state index < -0.39 is 0 Å². The molecule has 5 nitrogen and oxygen atoms in total. The first-order valence-corrected chi connectivity index (χ1v) is 6.97. The van der Waals surface area contributed by atoms with Gasteiger partial charge in [0.25, 0.3) is 0 Å². The van der Waals surface area contributed by atoms with Gasteiger partial charge in [-0.25, -0.2) is 0 Å². The van der Waals surface area contributed by atoms with Crippen molar-refractivity contribution in [1.82, 2.24) is 15.1 Å². The zero-order chi connectivity index (χ0) is 12.7. The Bertz CT molecular complexity index is 413. The first-order chi connectivity index (χ1) is 8.13. The summed E-state index contributed by atoms with van der Waals surface area (Å²) in [6, 6.07) is 2.02. The second kappa shape index (κ2) is 7.25. The van der Waals surface area contributed by atoms with E-state index in [-0.39, 0.29) is 5.91 Å². The van der Waals surface area contributed by atoms with Crippen LogP contribution in [0.5, 0.6) is 0 Å². The van der Waals surface area contributed by atoms with Crippen molar-refractivity contribution in [3.05, 3.63) is 5.01 Å². The van der Waals surface area contributed by atoms with Crippen molar-refractivity contribution in [2.24, 2.45) is 0 Å². The van der Waals surface area contributed by atoms with Gasteiger partial charge in [0, 0.05) is 25.8 Å². The molecule has 1 amide bonds. The lowest BCUT2D eigenvalue weighted by Gasteiger charge is -2.14. The maximum absolute atomic E-state index is 11.6. The van der Waals surface area contributed by atoms with Gasteiger partial charge in [-0.15, -0.1) is 10.2 Å². The van der Waals surface area contributed by atoms with E-state index in [1.807, 2.05) is 13.0 Å². The minimum Gasteiger partial charge on any atom is -0.345 e. The van der Waals surface area contributed by atoms with Crippen molar-refractivity contribution in [1.29, 1.82) is 5.26 Å².